The first-order valence-electron chi connectivity index (χ1n) is 9.99. The molecule has 0 N–H and O–H groups in total. The molecule has 0 unspecified atom stereocenters. The number of oxime groups is 1. The van der Waals surface area contributed by atoms with Crippen LogP contribution in [0.5, 0.6) is 0 Å². The molecule has 1 saturated heterocycles. The van der Waals surface area contributed by atoms with Gasteiger partial charge >= 0.3 is 8.56 Å². The summed E-state index contributed by atoms with van der Waals surface area (Å²) in [6, 6.07) is 30.9. The summed E-state index contributed by atoms with van der Waals surface area (Å²) in [5, 5.41) is 6.66. The number of fused-ring (bicyclic) bond motifs is 1. The molecule has 0 aromatic heterocycles. The van der Waals surface area contributed by atoms with Crippen molar-refractivity contribution in [2.24, 2.45) is 11.1 Å². The summed E-state index contributed by atoms with van der Waals surface area (Å²) in [6.45, 7) is 2.57. The Kier molecular flexibility index (Phi) is 4.79. The van der Waals surface area contributed by atoms with Gasteiger partial charge < -0.3 is 13.7 Å². The zero-order chi connectivity index (χ0) is 19.7. The van der Waals surface area contributed by atoms with Crippen LogP contribution in [0, 0.1) is 5.92 Å². The highest BCUT2D eigenvalue weighted by molar-refractivity contribution is 6.92. The smallest absolute Gasteiger partial charge is 0.387 e. The van der Waals surface area contributed by atoms with E-state index in [1.54, 1.807) is 0 Å². The number of hydrogen-bond acceptors (Lipinski definition) is 4. The lowest BCUT2D eigenvalue weighted by atomic mass is 9.91. The number of rotatable bonds is 3. The highest BCUT2D eigenvalue weighted by atomic mass is 28.4. The van der Waals surface area contributed by atoms with Gasteiger partial charge in [-0.05, 0) is 22.9 Å². The van der Waals surface area contributed by atoms with Crippen LogP contribution < -0.4 is 10.4 Å². The second kappa shape index (κ2) is 7.59. The Bertz CT molecular complexity index is 955. The van der Waals surface area contributed by atoms with Gasteiger partial charge in [0.15, 0.2) is 6.10 Å². The summed E-state index contributed by atoms with van der Waals surface area (Å²) in [6.07, 6.45) is -0.336. The molecule has 2 aliphatic rings. The van der Waals surface area contributed by atoms with Crippen molar-refractivity contribution in [3.8, 4) is 0 Å². The van der Waals surface area contributed by atoms with E-state index in [0.29, 0.717) is 6.61 Å². The molecule has 3 aromatic carbocycles. The van der Waals surface area contributed by atoms with Crippen LogP contribution in [0.3, 0.4) is 0 Å². The van der Waals surface area contributed by atoms with Crippen LogP contribution in [0.2, 0.25) is 0 Å². The summed E-state index contributed by atoms with van der Waals surface area (Å²) >= 11 is 0. The SMILES string of the molecule is C[C@@H]1O[Si](c2ccccc2)(c2ccccc2)OC[C@H]2C1=NO[C@@H]2c1ccccc1. The minimum Gasteiger partial charge on any atom is -0.387 e. The van der Waals surface area contributed by atoms with E-state index in [9.17, 15) is 0 Å². The molecule has 3 aromatic rings. The molecule has 146 valence electrons. The van der Waals surface area contributed by atoms with E-state index in [0.717, 1.165) is 21.6 Å². The van der Waals surface area contributed by atoms with Crippen molar-refractivity contribution < 1.29 is 13.7 Å². The first-order chi connectivity index (χ1) is 14.3. The zero-order valence-electron chi connectivity index (χ0n) is 16.3. The molecule has 0 spiro atoms. The van der Waals surface area contributed by atoms with Crippen molar-refractivity contribution in [2.75, 3.05) is 6.61 Å². The van der Waals surface area contributed by atoms with E-state index in [1.807, 2.05) is 54.6 Å². The predicted molar refractivity (Wildman–Crippen MR) is 116 cm³/mol. The normalized spacial score (nSPS) is 25.4. The molecule has 0 amide bonds. The summed E-state index contributed by atoms with van der Waals surface area (Å²) in [4.78, 5) is 5.83. The molecule has 5 rings (SSSR count). The topological polar surface area (TPSA) is 40.0 Å². The van der Waals surface area contributed by atoms with Crippen LogP contribution in [-0.4, -0.2) is 27.0 Å². The Morgan fingerprint density at radius 2 is 1.34 bits per heavy atom. The van der Waals surface area contributed by atoms with Crippen LogP contribution in [0.1, 0.15) is 18.6 Å². The van der Waals surface area contributed by atoms with E-state index >= 15 is 0 Å². The maximum atomic E-state index is 6.78. The Morgan fingerprint density at radius 1 is 0.793 bits per heavy atom. The third-order valence-corrected chi connectivity index (χ3v) is 9.12. The van der Waals surface area contributed by atoms with Crippen molar-refractivity contribution in [3.05, 3.63) is 96.6 Å². The van der Waals surface area contributed by atoms with Crippen molar-refractivity contribution in [3.63, 3.8) is 0 Å². The van der Waals surface area contributed by atoms with Crippen molar-refractivity contribution in [1.29, 1.82) is 0 Å². The lowest BCUT2D eigenvalue weighted by Gasteiger charge is -2.31. The molecule has 0 saturated carbocycles. The summed E-state index contributed by atoms with van der Waals surface area (Å²) in [5.41, 5.74) is 2.04. The maximum absolute atomic E-state index is 6.78. The Morgan fingerprint density at radius 3 is 1.93 bits per heavy atom. The summed E-state index contributed by atoms with van der Waals surface area (Å²) in [7, 11) is -2.88. The molecular weight excluding hydrogens is 378 g/mol. The molecule has 2 heterocycles. The quantitative estimate of drug-likeness (QED) is 0.632. The van der Waals surface area contributed by atoms with Crippen LogP contribution in [0.15, 0.2) is 96.2 Å². The Balaban J connectivity index is 1.56. The molecule has 0 radical (unpaired) electrons. The average Bonchev–Trinajstić information content (AvgIpc) is 3.16. The number of nitrogens with zero attached hydrogens (tertiary/aromatic N) is 1. The fraction of sp³-hybridized carbons (Fsp3) is 0.208. The van der Waals surface area contributed by atoms with Gasteiger partial charge in [0, 0.05) is 6.61 Å². The van der Waals surface area contributed by atoms with Gasteiger partial charge in [-0.25, -0.2) is 0 Å². The molecular formula is C24H23NO3Si. The first kappa shape index (κ1) is 18.3. The molecule has 2 aliphatic heterocycles. The molecule has 3 atom stereocenters. The zero-order valence-corrected chi connectivity index (χ0v) is 17.3. The standard InChI is InChI=1S/C24H23NO3Si/c1-18-23-22(24(27-25-23)19-11-5-2-6-12-19)17-26-29(28-18,20-13-7-3-8-14-20)21-15-9-4-10-16-21/h2-16,18,22,24H,17H2,1H3/t18-,22-,24+/m0/s1. The summed E-state index contributed by atoms with van der Waals surface area (Å²) < 4.78 is 13.5. The summed E-state index contributed by atoms with van der Waals surface area (Å²) in [5.74, 6) is 0.0363. The highest BCUT2D eigenvalue weighted by Gasteiger charge is 2.51. The Hall–Kier alpha value is -2.73. The lowest BCUT2D eigenvalue weighted by molar-refractivity contribution is 0.0447. The van der Waals surface area contributed by atoms with Gasteiger partial charge in [0.05, 0.1) is 17.7 Å². The van der Waals surface area contributed by atoms with Gasteiger partial charge in [0.2, 0.25) is 0 Å². The third-order valence-electron chi connectivity index (χ3n) is 5.68. The fourth-order valence-electron chi connectivity index (χ4n) is 4.23. The molecule has 4 nitrogen and oxygen atoms in total. The molecule has 0 bridgehead atoms. The van der Waals surface area contributed by atoms with E-state index in [4.69, 9.17) is 13.7 Å². The van der Waals surface area contributed by atoms with Crippen LogP contribution >= 0.6 is 0 Å². The third kappa shape index (κ3) is 3.21. The second-order valence-corrected chi connectivity index (χ2v) is 10.4. The second-order valence-electron chi connectivity index (χ2n) is 7.48. The van der Waals surface area contributed by atoms with Gasteiger partial charge in [-0.2, -0.15) is 0 Å². The molecule has 29 heavy (non-hydrogen) atoms. The molecule has 5 heteroatoms. The van der Waals surface area contributed by atoms with Gasteiger partial charge in [0.1, 0.15) is 0 Å². The van der Waals surface area contributed by atoms with Crippen molar-refractivity contribution in [1.82, 2.24) is 0 Å². The van der Waals surface area contributed by atoms with Crippen LogP contribution in [0.4, 0.5) is 0 Å². The Labute approximate surface area is 172 Å². The van der Waals surface area contributed by atoms with Gasteiger partial charge in [-0.3, -0.25) is 0 Å². The van der Waals surface area contributed by atoms with Gasteiger partial charge in [-0.1, -0.05) is 96.2 Å². The van der Waals surface area contributed by atoms with Gasteiger partial charge in [0.25, 0.3) is 0 Å². The van der Waals surface area contributed by atoms with E-state index < -0.39 is 8.56 Å². The maximum Gasteiger partial charge on any atom is 0.407 e. The van der Waals surface area contributed by atoms with E-state index in [1.165, 1.54) is 0 Å². The van der Waals surface area contributed by atoms with E-state index in [2.05, 4.69) is 48.5 Å². The molecule has 0 aliphatic carbocycles. The average molecular weight is 402 g/mol. The highest BCUT2D eigenvalue weighted by Crippen LogP contribution is 2.37. The van der Waals surface area contributed by atoms with E-state index in [-0.39, 0.29) is 18.1 Å². The van der Waals surface area contributed by atoms with Crippen molar-refractivity contribution in [2.45, 2.75) is 19.1 Å². The number of hydrogen-bond donors (Lipinski definition) is 0. The van der Waals surface area contributed by atoms with Crippen LogP contribution in [0.25, 0.3) is 0 Å². The van der Waals surface area contributed by atoms with Gasteiger partial charge in [-0.15, -0.1) is 0 Å². The fourth-order valence-corrected chi connectivity index (χ4v) is 7.54. The number of benzene rings is 3. The monoisotopic (exact) mass is 401 g/mol. The minimum absolute atomic E-state index is 0.0363. The minimum atomic E-state index is -2.88. The molecule has 1 fully saturated rings. The largest absolute Gasteiger partial charge is 0.407 e. The first-order valence-corrected chi connectivity index (χ1v) is 11.8. The predicted octanol–water partition coefficient (Wildman–Crippen LogP) is 3.42. The van der Waals surface area contributed by atoms with Crippen LogP contribution in [-0.2, 0) is 13.7 Å². The van der Waals surface area contributed by atoms with Crippen molar-refractivity contribution >= 4 is 24.6 Å². The lowest BCUT2D eigenvalue weighted by Crippen LogP contribution is -2.64.